The Morgan fingerprint density at radius 3 is 1.97 bits per heavy atom. The first-order chi connectivity index (χ1) is 14.5. The zero-order valence-corrected chi connectivity index (χ0v) is 18.6. The SMILES string of the molecule is CCC(C)C(NC(=O)C(CO)NC(=O)C(CCSC)NC(=O)C(N)CC(=O)O)C(=O)O. The van der Waals surface area contributed by atoms with Gasteiger partial charge in [-0.2, -0.15) is 11.8 Å². The number of aliphatic hydroxyl groups is 1. The zero-order valence-electron chi connectivity index (χ0n) is 17.8. The molecular weight excluding hydrogens is 432 g/mol. The first kappa shape index (κ1) is 28.6. The zero-order chi connectivity index (χ0) is 24.1. The van der Waals surface area contributed by atoms with Gasteiger partial charge in [-0.25, -0.2) is 4.79 Å². The quantitative estimate of drug-likeness (QED) is 0.143. The Hall–Kier alpha value is -2.38. The summed E-state index contributed by atoms with van der Waals surface area (Å²) in [4.78, 5) is 59.2. The van der Waals surface area contributed by atoms with E-state index in [1.807, 2.05) is 0 Å². The minimum atomic E-state index is -1.44. The van der Waals surface area contributed by atoms with E-state index in [0.717, 1.165) is 0 Å². The van der Waals surface area contributed by atoms with Gasteiger partial charge in [-0.15, -0.1) is 0 Å². The second kappa shape index (κ2) is 14.6. The normalized spacial score (nSPS) is 15.6. The topological polar surface area (TPSA) is 208 Å². The largest absolute Gasteiger partial charge is 0.481 e. The van der Waals surface area contributed by atoms with Crippen LogP contribution < -0.4 is 21.7 Å². The lowest BCUT2D eigenvalue weighted by Crippen LogP contribution is -2.58. The van der Waals surface area contributed by atoms with Crippen molar-refractivity contribution in [2.45, 2.75) is 57.3 Å². The van der Waals surface area contributed by atoms with Crippen LogP contribution in [0.1, 0.15) is 33.1 Å². The molecule has 12 nitrogen and oxygen atoms in total. The van der Waals surface area contributed by atoms with Gasteiger partial charge in [0.05, 0.1) is 19.1 Å². The van der Waals surface area contributed by atoms with Crippen LogP contribution in [0.25, 0.3) is 0 Å². The number of carbonyl (C=O) groups is 5. The molecule has 0 aromatic rings. The van der Waals surface area contributed by atoms with Crippen LogP contribution in [0.3, 0.4) is 0 Å². The lowest BCUT2D eigenvalue weighted by molar-refractivity contribution is -0.144. The smallest absolute Gasteiger partial charge is 0.326 e. The van der Waals surface area contributed by atoms with Gasteiger partial charge < -0.3 is 37.0 Å². The number of aliphatic hydroxyl groups excluding tert-OH is 1. The highest BCUT2D eigenvalue weighted by Crippen LogP contribution is 2.08. The van der Waals surface area contributed by atoms with Gasteiger partial charge in [0.1, 0.15) is 18.1 Å². The van der Waals surface area contributed by atoms with Gasteiger partial charge in [-0.3, -0.25) is 19.2 Å². The van der Waals surface area contributed by atoms with E-state index in [1.165, 1.54) is 11.8 Å². The van der Waals surface area contributed by atoms with Crippen LogP contribution in [0, 0.1) is 5.92 Å². The van der Waals surface area contributed by atoms with Gasteiger partial charge in [0.2, 0.25) is 17.7 Å². The van der Waals surface area contributed by atoms with E-state index in [2.05, 4.69) is 16.0 Å². The number of nitrogens with two attached hydrogens (primary N) is 1. The van der Waals surface area contributed by atoms with Crippen molar-refractivity contribution in [3.05, 3.63) is 0 Å². The molecule has 178 valence electrons. The van der Waals surface area contributed by atoms with Gasteiger partial charge in [-0.1, -0.05) is 20.3 Å². The molecule has 0 bridgehead atoms. The third-order valence-electron chi connectivity index (χ3n) is 4.57. The summed E-state index contributed by atoms with van der Waals surface area (Å²) in [6.07, 6.45) is 1.78. The van der Waals surface area contributed by atoms with E-state index < -0.39 is 66.9 Å². The second-order valence-electron chi connectivity index (χ2n) is 7.00. The average molecular weight is 465 g/mol. The number of thioether (sulfide) groups is 1. The third kappa shape index (κ3) is 10.5. The molecule has 31 heavy (non-hydrogen) atoms. The number of amides is 3. The maximum absolute atomic E-state index is 12.6. The number of carboxylic acids is 2. The van der Waals surface area contributed by atoms with Crippen molar-refractivity contribution < 1.29 is 39.3 Å². The van der Waals surface area contributed by atoms with Crippen molar-refractivity contribution in [3.8, 4) is 0 Å². The highest BCUT2D eigenvalue weighted by molar-refractivity contribution is 7.98. The summed E-state index contributed by atoms with van der Waals surface area (Å²) in [5, 5.41) is 34.5. The van der Waals surface area contributed by atoms with Crippen LogP contribution >= 0.6 is 11.8 Å². The van der Waals surface area contributed by atoms with Crippen LogP contribution in [-0.4, -0.2) is 87.8 Å². The summed E-state index contributed by atoms with van der Waals surface area (Å²) >= 11 is 1.39. The third-order valence-corrected chi connectivity index (χ3v) is 5.21. The van der Waals surface area contributed by atoms with E-state index in [0.29, 0.717) is 12.2 Å². The van der Waals surface area contributed by atoms with Crippen molar-refractivity contribution in [3.63, 3.8) is 0 Å². The second-order valence-corrected chi connectivity index (χ2v) is 7.99. The Morgan fingerprint density at radius 2 is 1.52 bits per heavy atom. The van der Waals surface area contributed by atoms with Crippen molar-refractivity contribution in [2.24, 2.45) is 11.7 Å². The number of aliphatic carboxylic acids is 2. The summed E-state index contributed by atoms with van der Waals surface area (Å²) in [5.74, 6) is -4.99. The molecule has 5 unspecified atom stereocenters. The Kier molecular flexibility index (Phi) is 13.5. The van der Waals surface area contributed by atoms with Gasteiger partial charge in [0.25, 0.3) is 0 Å². The van der Waals surface area contributed by atoms with Crippen LogP contribution in [0.5, 0.6) is 0 Å². The molecular formula is C18H32N4O8S. The fourth-order valence-electron chi connectivity index (χ4n) is 2.47. The number of carbonyl (C=O) groups excluding carboxylic acids is 3. The summed E-state index contributed by atoms with van der Waals surface area (Å²) in [6.45, 7) is 2.60. The van der Waals surface area contributed by atoms with E-state index in [4.69, 9.17) is 10.8 Å². The minimum Gasteiger partial charge on any atom is -0.481 e. The van der Waals surface area contributed by atoms with Crippen LogP contribution in [0.4, 0.5) is 0 Å². The minimum absolute atomic E-state index is 0.156. The van der Waals surface area contributed by atoms with Crippen LogP contribution in [0.2, 0.25) is 0 Å². The molecule has 0 fully saturated rings. The molecule has 0 saturated heterocycles. The Balaban J connectivity index is 5.25. The average Bonchev–Trinajstić information content (AvgIpc) is 2.71. The molecule has 0 heterocycles. The van der Waals surface area contributed by atoms with Crippen molar-refractivity contribution >= 4 is 41.4 Å². The molecule has 3 amide bonds. The fourth-order valence-corrected chi connectivity index (χ4v) is 2.94. The number of carboxylic acid groups (broad SMARTS) is 2. The Labute approximate surface area is 184 Å². The predicted molar refractivity (Wildman–Crippen MR) is 113 cm³/mol. The molecule has 5 atom stereocenters. The van der Waals surface area contributed by atoms with E-state index in [1.54, 1.807) is 20.1 Å². The van der Waals surface area contributed by atoms with E-state index >= 15 is 0 Å². The summed E-state index contributed by atoms with van der Waals surface area (Å²) in [5.41, 5.74) is 5.51. The summed E-state index contributed by atoms with van der Waals surface area (Å²) < 4.78 is 0. The molecule has 0 radical (unpaired) electrons. The van der Waals surface area contributed by atoms with Gasteiger partial charge in [0.15, 0.2) is 0 Å². The standard InChI is InChI=1S/C18H32N4O8S/c1-4-9(2)14(18(29)30)22-17(28)12(8-23)21-16(27)11(5-6-31-3)20-15(26)10(19)7-13(24)25/h9-12,14,23H,4-8,19H2,1-3H3,(H,20,26)(H,21,27)(H,22,28)(H,24,25)(H,29,30). The lowest BCUT2D eigenvalue weighted by Gasteiger charge is -2.25. The maximum atomic E-state index is 12.6. The van der Waals surface area contributed by atoms with E-state index in [-0.39, 0.29) is 12.3 Å². The van der Waals surface area contributed by atoms with Crippen molar-refractivity contribution in [1.82, 2.24) is 16.0 Å². The molecule has 0 spiro atoms. The molecule has 8 N–H and O–H groups in total. The first-order valence-corrected chi connectivity index (χ1v) is 11.1. The predicted octanol–water partition coefficient (Wildman–Crippen LogP) is -1.88. The molecule has 0 aliphatic carbocycles. The molecule has 0 rings (SSSR count). The van der Waals surface area contributed by atoms with Gasteiger partial charge >= 0.3 is 11.9 Å². The Morgan fingerprint density at radius 1 is 0.968 bits per heavy atom. The highest BCUT2D eigenvalue weighted by Gasteiger charge is 2.31. The Bertz CT molecular complexity index is 648. The number of hydrogen-bond donors (Lipinski definition) is 7. The lowest BCUT2D eigenvalue weighted by atomic mass is 9.99. The number of rotatable bonds is 15. The number of nitrogens with one attached hydrogen (secondary N) is 3. The van der Waals surface area contributed by atoms with E-state index in [9.17, 15) is 34.2 Å². The number of hydrogen-bond acceptors (Lipinski definition) is 8. The summed E-state index contributed by atoms with van der Waals surface area (Å²) in [7, 11) is 0. The molecule has 13 heteroatoms. The highest BCUT2D eigenvalue weighted by atomic mass is 32.2. The molecule has 0 aliphatic heterocycles. The maximum Gasteiger partial charge on any atom is 0.326 e. The van der Waals surface area contributed by atoms with Crippen molar-refractivity contribution in [1.29, 1.82) is 0 Å². The van der Waals surface area contributed by atoms with Gasteiger partial charge in [0, 0.05) is 0 Å². The van der Waals surface area contributed by atoms with Gasteiger partial charge in [-0.05, 0) is 24.3 Å². The van der Waals surface area contributed by atoms with Crippen molar-refractivity contribution in [2.75, 3.05) is 18.6 Å². The first-order valence-electron chi connectivity index (χ1n) is 9.69. The van der Waals surface area contributed by atoms with Crippen LogP contribution in [0.15, 0.2) is 0 Å². The monoisotopic (exact) mass is 464 g/mol. The molecule has 0 aromatic carbocycles. The fraction of sp³-hybridized carbons (Fsp3) is 0.722. The molecule has 0 aromatic heterocycles. The molecule has 0 aliphatic rings. The van der Waals surface area contributed by atoms with Crippen LogP contribution in [-0.2, 0) is 24.0 Å². The summed E-state index contributed by atoms with van der Waals surface area (Å²) in [6, 6.07) is -5.15. The molecule has 0 saturated carbocycles.